The molecule has 65 heavy (non-hydrogen) atoms. The van der Waals surface area contributed by atoms with E-state index >= 15 is 0 Å². The highest BCUT2D eigenvalue weighted by atomic mass is 32.2. The van der Waals surface area contributed by atoms with E-state index in [1.54, 1.807) is 0 Å². The highest BCUT2D eigenvalue weighted by Gasteiger charge is 2.46. The molecule has 0 radical (unpaired) electrons. The zero-order chi connectivity index (χ0) is 47.6. The number of allylic oxidation sites excluding steroid dienone is 8. The van der Waals surface area contributed by atoms with E-state index in [2.05, 4.69) is 62.5 Å². The predicted molar refractivity (Wildman–Crippen MR) is 261 cm³/mol. The lowest BCUT2D eigenvalue weighted by molar-refractivity contribution is -0.297. The smallest absolute Gasteiger partial charge is 0.306 e. The second kappa shape index (κ2) is 41.8. The molecule has 0 amide bonds. The largest absolute Gasteiger partial charge is 0.462 e. The summed E-state index contributed by atoms with van der Waals surface area (Å²) < 4.78 is 54.2. The molecule has 12 nitrogen and oxygen atoms in total. The molecule has 1 heterocycles. The Morgan fingerprint density at radius 2 is 0.969 bits per heavy atom. The first-order valence-corrected chi connectivity index (χ1v) is 27.3. The first-order chi connectivity index (χ1) is 31.5. The minimum absolute atomic E-state index is 0.159. The number of esters is 2. The van der Waals surface area contributed by atoms with Crippen LogP contribution in [0.25, 0.3) is 0 Å². The molecule has 1 rings (SSSR count). The molecular weight excluding hydrogens is 849 g/mol. The van der Waals surface area contributed by atoms with Crippen LogP contribution in [0.3, 0.4) is 0 Å². The van der Waals surface area contributed by atoms with Crippen molar-refractivity contribution in [2.24, 2.45) is 0 Å². The zero-order valence-electron chi connectivity index (χ0n) is 40.6. The topological polar surface area (TPSA) is 186 Å². The summed E-state index contributed by atoms with van der Waals surface area (Å²) in [6.07, 6.45) is 41.5. The Balaban J connectivity index is 2.35. The van der Waals surface area contributed by atoms with Crippen LogP contribution >= 0.6 is 0 Å². The van der Waals surface area contributed by atoms with Gasteiger partial charge in [-0.1, -0.05) is 197 Å². The van der Waals surface area contributed by atoms with E-state index < -0.39 is 71.2 Å². The standard InChI is InChI=1S/C52H92O12S/c1-3-5-7-9-11-13-15-17-19-20-21-22-23-24-25-26-27-29-31-33-35-37-39-41-48(54)63-45(43-62-52-51(57)50(56)49(55)46(64-52)44-65(58,59)60)42-61-47(53)40-38-36-34-32-30-28-18-16-14-12-10-8-6-4-2/h5,7,11,13,17,19,21-22,45-46,49-52,55-57H,3-4,6,8-10,12,14-16,18,20,23-44H2,1-2H3,(H,58,59,60)/b7-5-,13-11-,19-17-,22-21-. The molecule has 4 N–H and O–H groups in total. The van der Waals surface area contributed by atoms with Gasteiger partial charge in [0.1, 0.15) is 36.8 Å². The van der Waals surface area contributed by atoms with E-state index in [1.807, 2.05) is 0 Å². The molecule has 1 saturated heterocycles. The fourth-order valence-electron chi connectivity index (χ4n) is 7.73. The van der Waals surface area contributed by atoms with Gasteiger partial charge in [-0.15, -0.1) is 0 Å². The van der Waals surface area contributed by atoms with Crippen molar-refractivity contribution in [3.8, 4) is 0 Å². The van der Waals surface area contributed by atoms with Crippen LogP contribution in [0.1, 0.15) is 213 Å². The SMILES string of the molecule is CC/C=C\C/C=C\C/C=C\C/C=C\CCCCCCCCCCCCC(=O)OC(COC(=O)CCCCCCCCCCCCCCCC)COC1OC(CS(=O)(=O)O)C(O)C(O)C1O. The fraction of sp³-hybridized carbons (Fsp3) is 0.808. The molecule has 13 heteroatoms. The van der Waals surface area contributed by atoms with Crippen LogP contribution in [0.2, 0.25) is 0 Å². The third kappa shape index (κ3) is 36.3. The Labute approximate surface area is 394 Å². The van der Waals surface area contributed by atoms with E-state index in [1.165, 1.54) is 96.3 Å². The summed E-state index contributed by atoms with van der Waals surface area (Å²) in [6, 6.07) is 0. The summed E-state index contributed by atoms with van der Waals surface area (Å²) in [4.78, 5) is 25.5. The van der Waals surface area contributed by atoms with Crippen LogP contribution in [-0.2, 0) is 38.7 Å². The Hall–Kier alpha value is -2.39. The van der Waals surface area contributed by atoms with Gasteiger partial charge in [0.2, 0.25) is 0 Å². The summed E-state index contributed by atoms with van der Waals surface area (Å²) in [5, 5.41) is 31.0. The number of ether oxygens (including phenoxy) is 4. The predicted octanol–water partition coefficient (Wildman–Crippen LogP) is 11.5. The zero-order valence-corrected chi connectivity index (χ0v) is 41.4. The lowest BCUT2D eigenvalue weighted by atomic mass is 10.00. The van der Waals surface area contributed by atoms with Crippen molar-refractivity contribution in [2.75, 3.05) is 19.0 Å². The van der Waals surface area contributed by atoms with Gasteiger partial charge in [-0.2, -0.15) is 8.42 Å². The second-order valence-electron chi connectivity index (χ2n) is 17.8. The minimum atomic E-state index is -4.60. The quantitative estimate of drug-likeness (QED) is 0.0196. The lowest BCUT2D eigenvalue weighted by Gasteiger charge is -2.40. The van der Waals surface area contributed by atoms with E-state index in [9.17, 15) is 37.9 Å². The van der Waals surface area contributed by atoms with Gasteiger partial charge >= 0.3 is 11.9 Å². The van der Waals surface area contributed by atoms with Gasteiger partial charge in [0, 0.05) is 12.8 Å². The summed E-state index contributed by atoms with van der Waals surface area (Å²) in [6.45, 7) is 3.67. The van der Waals surface area contributed by atoms with Crippen molar-refractivity contribution in [1.82, 2.24) is 0 Å². The number of unbranched alkanes of at least 4 members (excludes halogenated alkanes) is 23. The van der Waals surface area contributed by atoms with E-state index in [0.29, 0.717) is 12.8 Å². The number of hydrogen-bond donors (Lipinski definition) is 4. The number of carbonyl (C=O) groups excluding carboxylic acids is 2. The molecule has 0 aromatic carbocycles. The molecule has 0 saturated carbocycles. The average molecular weight is 941 g/mol. The van der Waals surface area contributed by atoms with Crippen molar-refractivity contribution >= 4 is 22.1 Å². The van der Waals surface area contributed by atoms with Gasteiger partial charge in [-0.25, -0.2) is 0 Å². The summed E-state index contributed by atoms with van der Waals surface area (Å²) in [5.41, 5.74) is 0. The van der Waals surface area contributed by atoms with Crippen LogP contribution in [0.5, 0.6) is 0 Å². The monoisotopic (exact) mass is 941 g/mol. The maximum absolute atomic E-state index is 12.9. The second-order valence-corrected chi connectivity index (χ2v) is 19.3. The molecule has 0 aromatic rings. The maximum Gasteiger partial charge on any atom is 0.306 e. The normalized spacial score (nSPS) is 19.9. The average Bonchev–Trinajstić information content (AvgIpc) is 3.27. The number of hydrogen-bond acceptors (Lipinski definition) is 11. The molecule has 1 aliphatic heterocycles. The van der Waals surface area contributed by atoms with Crippen LogP contribution in [0.4, 0.5) is 0 Å². The first kappa shape index (κ1) is 60.6. The van der Waals surface area contributed by atoms with Gasteiger partial charge in [-0.3, -0.25) is 14.1 Å². The fourth-order valence-corrected chi connectivity index (χ4v) is 8.42. The number of aliphatic hydroxyl groups is 3. The van der Waals surface area contributed by atoms with Crippen LogP contribution < -0.4 is 0 Å². The van der Waals surface area contributed by atoms with E-state index in [-0.39, 0.29) is 19.4 Å². The number of aliphatic hydroxyl groups excluding tert-OH is 3. The summed E-state index contributed by atoms with van der Waals surface area (Å²) >= 11 is 0. The molecule has 0 spiro atoms. The van der Waals surface area contributed by atoms with Crippen molar-refractivity contribution in [3.63, 3.8) is 0 Å². The number of rotatable bonds is 43. The van der Waals surface area contributed by atoms with Crippen molar-refractivity contribution in [2.45, 2.75) is 250 Å². The van der Waals surface area contributed by atoms with E-state index in [4.69, 9.17) is 18.9 Å². The Kier molecular flexibility index (Phi) is 39.0. The molecule has 0 aromatic heterocycles. The Bertz CT molecular complexity index is 1380. The molecule has 0 aliphatic carbocycles. The summed E-state index contributed by atoms with van der Waals surface area (Å²) in [5.74, 6) is -1.98. The van der Waals surface area contributed by atoms with Crippen LogP contribution in [0.15, 0.2) is 48.6 Å². The minimum Gasteiger partial charge on any atom is -0.462 e. The third-order valence-corrected chi connectivity index (χ3v) is 12.4. The van der Waals surface area contributed by atoms with Gasteiger partial charge < -0.3 is 34.3 Å². The first-order valence-electron chi connectivity index (χ1n) is 25.7. The molecule has 1 aliphatic rings. The van der Waals surface area contributed by atoms with Crippen LogP contribution in [-0.4, -0.2) is 96.0 Å². The lowest BCUT2D eigenvalue weighted by Crippen LogP contribution is -2.60. The third-order valence-electron chi connectivity index (χ3n) is 11.7. The van der Waals surface area contributed by atoms with E-state index in [0.717, 1.165) is 77.0 Å². The van der Waals surface area contributed by atoms with Crippen molar-refractivity contribution < 1.29 is 56.8 Å². The molecule has 6 unspecified atom stereocenters. The molecule has 0 bridgehead atoms. The van der Waals surface area contributed by atoms with Crippen molar-refractivity contribution in [3.05, 3.63) is 48.6 Å². The van der Waals surface area contributed by atoms with Crippen LogP contribution in [0, 0.1) is 0 Å². The highest BCUT2D eigenvalue weighted by Crippen LogP contribution is 2.24. The number of carbonyl (C=O) groups is 2. The molecule has 378 valence electrons. The summed E-state index contributed by atoms with van der Waals surface area (Å²) in [7, 11) is -4.60. The van der Waals surface area contributed by atoms with Gasteiger partial charge in [0.25, 0.3) is 10.1 Å². The molecule has 1 fully saturated rings. The van der Waals surface area contributed by atoms with Gasteiger partial charge in [0.05, 0.1) is 6.61 Å². The molecular formula is C52H92O12S. The van der Waals surface area contributed by atoms with Gasteiger partial charge in [0.15, 0.2) is 12.4 Å². The Morgan fingerprint density at radius 1 is 0.538 bits per heavy atom. The molecule has 6 atom stereocenters. The maximum atomic E-state index is 12.9. The highest BCUT2D eigenvalue weighted by molar-refractivity contribution is 7.85. The Morgan fingerprint density at radius 3 is 1.45 bits per heavy atom. The van der Waals surface area contributed by atoms with Gasteiger partial charge in [-0.05, 0) is 51.4 Å². The van der Waals surface area contributed by atoms with Crippen molar-refractivity contribution in [1.29, 1.82) is 0 Å².